The van der Waals surface area contributed by atoms with E-state index in [0.29, 0.717) is 26.0 Å². The Morgan fingerprint density at radius 3 is 2.61 bits per heavy atom. The summed E-state index contributed by atoms with van der Waals surface area (Å²) in [6.07, 6.45) is 11.8. The first-order chi connectivity index (χ1) is 18.6. The molecule has 6 nitrogen and oxygen atoms in total. The zero-order valence-corrected chi connectivity index (χ0v) is 21.6. The zero-order chi connectivity index (χ0) is 26.6. The lowest BCUT2D eigenvalue weighted by atomic mass is 10.0. The van der Waals surface area contributed by atoms with Crippen molar-refractivity contribution in [3.8, 4) is 0 Å². The van der Waals surface area contributed by atoms with Gasteiger partial charge < -0.3 is 9.84 Å². The number of ketones is 1. The highest BCUT2D eigenvalue weighted by Crippen LogP contribution is 2.29. The van der Waals surface area contributed by atoms with Crippen molar-refractivity contribution in [3.63, 3.8) is 0 Å². The van der Waals surface area contributed by atoms with Gasteiger partial charge in [-0.25, -0.2) is 0 Å². The highest BCUT2D eigenvalue weighted by Gasteiger charge is 2.15. The van der Waals surface area contributed by atoms with Crippen LogP contribution in [0.4, 0.5) is 0 Å². The first-order valence-corrected chi connectivity index (χ1v) is 13.1. The number of benzene rings is 2. The number of nitrogens with zero attached hydrogens (tertiary/aromatic N) is 2. The van der Waals surface area contributed by atoms with Gasteiger partial charge in [0, 0.05) is 38.4 Å². The number of pyridine rings is 1. The number of allylic oxidation sites excluding steroid dienone is 1. The molecule has 3 aromatic rings. The van der Waals surface area contributed by atoms with Gasteiger partial charge in [0.05, 0.1) is 0 Å². The summed E-state index contributed by atoms with van der Waals surface area (Å²) in [6, 6.07) is 20.4. The van der Waals surface area contributed by atoms with E-state index < -0.39 is 6.61 Å². The Balaban J connectivity index is 1.33. The minimum atomic E-state index is -0.488. The smallest absolute Gasteiger partial charge is 0.306 e. The molecule has 0 radical (unpaired) electrons. The molecular weight excluding hydrogens is 476 g/mol. The van der Waals surface area contributed by atoms with Crippen LogP contribution >= 0.6 is 0 Å². The van der Waals surface area contributed by atoms with Gasteiger partial charge in [-0.05, 0) is 64.8 Å². The van der Waals surface area contributed by atoms with Crippen molar-refractivity contribution in [2.75, 3.05) is 26.3 Å². The van der Waals surface area contributed by atoms with E-state index in [4.69, 9.17) is 9.84 Å². The van der Waals surface area contributed by atoms with E-state index in [1.165, 1.54) is 22.8 Å². The lowest BCUT2D eigenvalue weighted by molar-refractivity contribution is -0.144. The van der Waals surface area contributed by atoms with Gasteiger partial charge in [-0.1, -0.05) is 66.7 Å². The predicted octanol–water partition coefficient (Wildman–Crippen LogP) is 4.66. The van der Waals surface area contributed by atoms with Crippen LogP contribution in [-0.2, 0) is 33.7 Å². The third-order valence-corrected chi connectivity index (χ3v) is 6.64. The van der Waals surface area contributed by atoms with Gasteiger partial charge >= 0.3 is 5.97 Å². The van der Waals surface area contributed by atoms with Crippen LogP contribution in [0, 0.1) is 0 Å². The largest absolute Gasteiger partial charge is 0.464 e. The van der Waals surface area contributed by atoms with Gasteiger partial charge in [0.25, 0.3) is 0 Å². The summed E-state index contributed by atoms with van der Waals surface area (Å²) in [4.78, 5) is 30.0. The van der Waals surface area contributed by atoms with Crippen molar-refractivity contribution in [3.05, 3.63) is 113 Å². The van der Waals surface area contributed by atoms with E-state index >= 15 is 0 Å². The maximum atomic E-state index is 12.3. The SMILES string of the molecule is O=C(/C=C/c1ccc(CN(CCOC(=O)CCc2cccnc2)CCC2=CCc3ccccc32)cc1)CO. The molecule has 1 heterocycles. The van der Waals surface area contributed by atoms with E-state index in [9.17, 15) is 9.59 Å². The van der Waals surface area contributed by atoms with Crippen LogP contribution in [0.15, 0.2) is 85.2 Å². The van der Waals surface area contributed by atoms with Gasteiger partial charge in [-0.2, -0.15) is 0 Å². The summed E-state index contributed by atoms with van der Waals surface area (Å²) in [7, 11) is 0. The molecule has 0 saturated heterocycles. The van der Waals surface area contributed by atoms with Crippen LogP contribution in [0.2, 0.25) is 0 Å². The van der Waals surface area contributed by atoms with E-state index in [-0.39, 0.29) is 11.8 Å². The molecule has 0 atom stereocenters. The molecule has 1 aromatic heterocycles. The lowest BCUT2D eigenvalue weighted by Gasteiger charge is -2.23. The second-order valence-electron chi connectivity index (χ2n) is 9.40. The number of ether oxygens (including phenoxy) is 1. The molecule has 6 heteroatoms. The molecule has 0 spiro atoms. The average molecular weight is 511 g/mol. The van der Waals surface area contributed by atoms with Crippen LogP contribution in [0.3, 0.4) is 0 Å². The fourth-order valence-electron chi connectivity index (χ4n) is 4.53. The number of aliphatic hydroxyl groups excluding tert-OH is 1. The van der Waals surface area contributed by atoms with Gasteiger partial charge in [0.2, 0.25) is 0 Å². The predicted molar refractivity (Wildman–Crippen MR) is 149 cm³/mol. The maximum absolute atomic E-state index is 12.3. The first-order valence-electron chi connectivity index (χ1n) is 13.1. The Hall–Kier alpha value is -3.87. The molecule has 0 aliphatic heterocycles. The quantitative estimate of drug-likeness (QED) is 0.251. The fourth-order valence-corrected chi connectivity index (χ4v) is 4.53. The molecule has 38 heavy (non-hydrogen) atoms. The highest BCUT2D eigenvalue weighted by molar-refractivity contribution is 5.94. The van der Waals surface area contributed by atoms with Crippen LogP contribution < -0.4 is 0 Å². The van der Waals surface area contributed by atoms with Gasteiger partial charge in [-0.3, -0.25) is 19.5 Å². The van der Waals surface area contributed by atoms with Crippen molar-refractivity contribution < 1.29 is 19.4 Å². The third-order valence-electron chi connectivity index (χ3n) is 6.64. The van der Waals surface area contributed by atoms with Crippen LogP contribution in [-0.4, -0.2) is 53.0 Å². The number of aliphatic hydroxyl groups is 1. The Morgan fingerprint density at radius 1 is 0.974 bits per heavy atom. The topological polar surface area (TPSA) is 79.7 Å². The van der Waals surface area contributed by atoms with Crippen molar-refractivity contribution in [1.82, 2.24) is 9.88 Å². The van der Waals surface area contributed by atoms with E-state index in [2.05, 4.69) is 40.2 Å². The number of fused-ring (bicyclic) bond motifs is 1. The zero-order valence-electron chi connectivity index (χ0n) is 21.6. The standard InChI is InChI=1S/C32H34N2O4/c35-24-30(36)15-11-25-7-9-27(10-8-25)23-34(19-17-29-14-13-28-5-1-2-6-31(28)29)20-21-38-32(37)16-12-26-4-3-18-33-22-26/h1-11,14-15,18,22,35H,12-13,16-17,19-21,23-24H2/b15-11+. The number of hydrogen-bond acceptors (Lipinski definition) is 6. The molecule has 2 aromatic carbocycles. The molecule has 0 amide bonds. The second-order valence-corrected chi connectivity index (χ2v) is 9.40. The van der Waals surface area contributed by atoms with Crippen LogP contribution in [0.1, 0.15) is 40.7 Å². The van der Waals surface area contributed by atoms with E-state index in [1.807, 2.05) is 36.4 Å². The summed E-state index contributed by atoms with van der Waals surface area (Å²) < 4.78 is 5.57. The normalized spacial score (nSPS) is 12.5. The Kier molecular flexibility index (Phi) is 10.1. The Labute approximate surface area is 224 Å². The lowest BCUT2D eigenvalue weighted by Crippen LogP contribution is -2.29. The van der Waals surface area contributed by atoms with E-state index in [0.717, 1.165) is 42.6 Å². The molecule has 196 valence electrons. The minimum absolute atomic E-state index is 0.199. The summed E-state index contributed by atoms with van der Waals surface area (Å²) in [5.41, 5.74) is 7.14. The fraction of sp³-hybridized carbons (Fsp3) is 0.281. The Morgan fingerprint density at radius 2 is 1.82 bits per heavy atom. The monoisotopic (exact) mass is 510 g/mol. The number of carbonyl (C=O) groups excluding carboxylic acids is 2. The molecule has 0 bridgehead atoms. The minimum Gasteiger partial charge on any atom is -0.464 e. The third kappa shape index (κ3) is 8.33. The van der Waals surface area contributed by atoms with Gasteiger partial charge in [0.1, 0.15) is 13.2 Å². The molecule has 0 fully saturated rings. The van der Waals surface area contributed by atoms with Gasteiger partial charge in [-0.15, -0.1) is 0 Å². The van der Waals surface area contributed by atoms with Crippen molar-refractivity contribution >= 4 is 23.4 Å². The molecule has 1 N–H and O–H groups in total. The number of esters is 1. The molecule has 1 aliphatic carbocycles. The first kappa shape index (κ1) is 27.2. The molecule has 0 saturated carbocycles. The maximum Gasteiger partial charge on any atom is 0.306 e. The summed E-state index contributed by atoms with van der Waals surface area (Å²) in [5.74, 6) is -0.521. The van der Waals surface area contributed by atoms with Crippen LogP contribution in [0.5, 0.6) is 0 Å². The molecule has 0 unspecified atom stereocenters. The number of carbonyl (C=O) groups is 2. The highest BCUT2D eigenvalue weighted by atomic mass is 16.5. The van der Waals surface area contributed by atoms with E-state index in [1.54, 1.807) is 18.5 Å². The average Bonchev–Trinajstić information content (AvgIpc) is 3.37. The van der Waals surface area contributed by atoms with Crippen molar-refractivity contribution in [1.29, 1.82) is 0 Å². The Bertz CT molecular complexity index is 1270. The summed E-state index contributed by atoms with van der Waals surface area (Å²) in [5, 5.41) is 8.88. The number of rotatable bonds is 14. The summed E-state index contributed by atoms with van der Waals surface area (Å²) >= 11 is 0. The molecular formula is C32H34N2O4. The second kappa shape index (κ2) is 14.2. The summed E-state index contributed by atoms with van der Waals surface area (Å²) in [6.45, 7) is 2.06. The molecule has 4 rings (SSSR count). The van der Waals surface area contributed by atoms with Gasteiger partial charge in [0.15, 0.2) is 5.78 Å². The molecule has 1 aliphatic rings. The van der Waals surface area contributed by atoms with Crippen LogP contribution in [0.25, 0.3) is 11.6 Å². The van der Waals surface area contributed by atoms with Crippen molar-refractivity contribution in [2.45, 2.75) is 32.2 Å². The number of hydrogen-bond donors (Lipinski definition) is 1. The number of aryl methyl sites for hydroxylation is 1. The van der Waals surface area contributed by atoms with Crippen molar-refractivity contribution in [2.24, 2.45) is 0 Å². The number of aromatic nitrogens is 1.